The molecule has 0 amide bonds. The van der Waals surface area contributed by atoms with Gasteiger partial charge in [0.15, 0.2) is 11.6 Å². The van der Waals surface area contributed by atoms with Crippen molar-refractivity contribution >= 4 is 17.4 Å². The highest BCUT2D eigenvalue weighted by Gasteiger charge is 2.24. The first kappa shape index (κ1) is 13.0. The Morgan fingerprint density at radius 2 is 2.29 bits per heavy atom. The number of hydrogen-bond acceptors (Lipinski definition) is 6. The predicted molar refractivity (Wildman–Crippen MR) is 82.8 cm³/mol. The van der Waals surface area contributed by atoms with E-state index in [1.807, 2.05) is 30.0 Å². The number of rotatable bonds is 2. The van der Waals surface area contributed by atoms with Crippen LogP contribution >= 0.6 is 11.8 Å². The fourth-order valence-corrected chi connectivity index (χ4v) is 3.99. The van der Waals surface area contributed by atoms with E-state index in [0.717, 1.165) is 35.8 Å². The van der Waals surface area contributed by atoms with E-state index in [0.29, 0.717) is 17.7 Å². The number of aromatic nitrogens is 2. The SMILES string of the molecule is c1cc2c(c(-c3nc(C4CCCCS4)no3)c1)OCCN2. The number of benzene rings is 1. The number of nitrogens with one attached hydrogen (secondary N) is 1. The number of anilines is 1. The first-order valence-corrected chi connectivity index (χ1v) is 8.42. The molecule has 1 saturated heterocycles. The molecule has 0 aliphatic carbocycles. The van der Waals surface area contributed by atoms with Gasteiger partial charge in [-0.2, -0.15) is 16.7 Å². The summed E-state index contributed by atoms with van der Waals surface area (Å²) in [5.41, 5.74) is 1.87. The van der Waals surface area contributed by atoms with Crippen LogP contribution in [0, 0.1) is 0 Å². The van der Waals surface area contributed by atoms with Crippen molar-refractivity contribution in [3.05, 3.63) is 24.0 Å². The molecule has 6 heteroatoms. The van der Waals surface area contributed by atoms with Gasteiger partial charge < -0.3 is 14.6 Å². The van der Waals surface area contributed by atoms with Crippen LogP contribution in [-0.4, -0.2) is 29.0 Å². The molecule has 3 heterocycles. The quantitative estimate of drug-likeness (QED) is 0.916. The van der Waals surface area contributed by atoms with Crippen LogP contribution in [0.25, 0.3) is 11.5 Å². The standard InChI is InChI=1S/C15H17N3O2S/c1-2-9-21-12(6-1)14-17-15(20-18-14)10-4-3-5-11-13(10)19-8-7-16-11/h3-5,12,16H,1-2,6-9H2. The molecule has 2 aromatic rings. The second-order valence-electron chi connectivity index (χ2n) is 5.27. The molecule has 5 nitrogen and oxygen atoms in total. The summed E-state index contributed by atoms with van der Waals surface area (Å²) in [6.45, 7) is 1.48. The number of nitrogens with zero attached hydrogens (tertiary/aromatic N) is 2. The Kier molecular flexibility index (Phi) is 3.47. The highest BCUT2D eigenvalue weighted by atomic mass is 32.2. The minimum atomic E-state index is 0.370. The Morgan fingerprint density at radius 1 is 1.29 bits per heavy atom. The molecule has 0 saturated carbocycles. The third-order valence-corrected chi connectivity index (χ3v) is 5.19. The van der Waals surface area contributed by atoms with Gasteiger partial charge in [0.1, 0.15) is 6.61 Å². The number of hydrogen-bond donors (Lipinski definition) is 1. The molecular weight excluding hydrogens is 286 g/mol. The molecule has 1 atom stereocenters. The molecule has 0 bridgehead atoms. The van der Waals surface area contributed by atoms with Gasteiger partial charge in [0.25, 0.3) is 5.89 Å². The van der Waals surface area contributed by atoms with Gasteiger partial charge in [-0.1, -0.05) is 17.6 Å². The molecule has 1 N–H and O–H groups in total. The van der Waals surface area contributed by atoms with E-state index in [-0.39, 0.29) is 0 Å². The van der Waals surface area contributed by atoms with Gasteiger partial charge in [0.2, 0.25) is 0 Å². The molecule has 1 unspecified atom stereocenters. The van der Waals surface area contributed by atoms with E-state index in [4.69, 9.17) is 9.26 Å². The van der Waals surface area contributed by atoms with Crippen molar-refractivity contribution in [1.82, 2.24) is 10.1 Å². The van der Waals surface area contributed by atoms with E-state index < -0.39 is 0 Å². The van der Waals surface area contributed by atoms with Crippen LogP contribution in [0.3, 0.4) is 0 Å². The lowest BCUT2D eigenvalue weighted by Gasteiger charge is -2.20. The van der Waals surface area contributed by atoms with Crippen molar-refractivity contribution in [3.8, 4) is 17.2 Å². The molecule has 1 aromatic carbocycles. The molecule has 2 aliphatic heterocycles. The zero-order valence-corrected chi connectivity index (χ0v) is 12.5. The Morgan fingerprint density at radius 3 is 3.19 bits per heavy atom. The van der Waals surface area contributed by atoms with Crippen molar-refractivity contribution in [3.63, 3.8) is 0 Å². The van der Waals surface area contributed by atoms with Crippen molar-refractivity contribution < 1.29 is 9.26 Å². The molecule has 4 rings (SSSR count). The van der Waals surface area contributed by atoms with Crippen LogP contribution in [0.1, 0.15) is 30.3 Å². The molecule has 21 heavy (non-hydrogen) atoms. The van der Waals surface area contributed by atoms with Gasteiger partial charge in [-0.05, 0) is 30.7 Å². The second-order valence-corrected chi connectivity index (χ2v) is 6.58. The number of fused-ring (bicyclic) bond motifs is 1. The van der Waals surface area contributed by atoms with Crippen LogP contribution in [0.5, 0.6) is 5.75 Å². The summed E-state index contributed by atoms with van der Waals surface area (Å²) in [5, 5.41) is 7.88. The number of para-hydroxylation sites is 1. The summed E-state index contributed by atoms with van der Waals surface area (Å²) < 4.78 is 11.3. The summed E-state index contributed by atoms with van der Waals surface area (Å²) in [7, 11) is 0. The van der Waals surface area contributed by atoms with E-state index in [1.54, 1.807) is 0 Å². The van der Waals surface area contributed by atoms with Crippen molar-refractivity contribution in [2.45, 2.75) is 24.5 Å². The first-order chi connectivity index (χ1) is 10.4. The fourth-order valence-electron chi connectivity index (χ4n) is 2.76. The zero-order valence-electron chi connectivity index (χ0n) is 11.7. The molecule has 1 aromatic heterocycles. The van der Waals surface area contributed by atoms with Gasteiger partial charge in [0.05, 0.1) is 16.5 Å². The largest absolute Gasteiger partial charge is 0.489 e. The molecular formula is C15H17N3O2S. The van der Waals surface area contributed by atoms with E-state index in [9.17, 15) is 0 Å². The van der Waals surface area contributed by atoms with Crippen molar-refractivity contribution in [1.29, 1.82) is 0 Å². The molecule has 110 valence electrons. The van der Waals surface area contributed by atoms with Crippen molar-refractivity contribution in [2.24, 2.45) is 0 Å². The highest BCUT2D eigenvalue weighted by molar-refractivity contribution is 7.99. The minimum Gasteiger partial charge on any atom is -0.489 e. The maximum Gasteiger partial charge on any atom is 0.261 e. The maximum absolute atomic E-state index is 5.77. The van der Waals surface area contributed by atoms with E-state index >= 15 is 0 Å². The van der Waals surface area contributed by atoms with Crippen LogP contribution in [0.4, 0.5) is 5.69 Å². The smallest absolute Gasteiger partial charge is 0.261 e. The average molecular weight is 303 g/mol. The van der Waals surface area contributed by atoms with Gasteiger partial charge >= 0.3 is 0 Å². The molecule has 2 aliphatic rings. The summed E-state index contributed by atoms with van der Waals surface area (Å²) in [5.74, 6) is 3.37. The van der Waals surface area contributed by atoms with Gasteiger partial charge in [0, 0.05) is 6.54 Å². The lowest BCUT2D eigenvalue weighted by atomic mass is 10.1. The Hall–Kier alpha value is -1.69. The number of ether oxygens (including phenoxy) is 1. The molecule has 0 radical (unpaired) electrons. The average Bonchev–Trinajstić information content (AvgIpc) is 3.05. The second kappa shape index (κ2) is 5.60. The lowest BCUT2D eigenvalue weighted by Crippen LogP contribution is -2.18. The monoisotopic (exact) mass is 303 g/mol. The van der Waals surface area contributed by atoms with Gasteiger partial charge in [-0.15, -0.1) is 0 Å². The third-order valence-electron chi connectivity index (χ3n) is 3.82. The fraction of sp³-hybridized carbons (Fsp3) is 0.467. The topological polar surface area (TPSA) is 60.2 Å². The maximum atomic E-state index is 5.77. The van der Waals surface area contributed by atoms with Crippen LogP contribution < -0.4 is 10.1 Å². The van der Waals surface area contributed by atoms with Gasteiger partial charge in [-0.3, -0.25) is 0 Å². The van der Waals surface area contributed by atoms with Crippen LogP contribution in [-0.2, 0) is 0 Å². The summed E-state index contributed by atoms with van der Waals surface area (Å²) in [6, 6.07) is 5.96. The van der Waals surface area contributed by atoms with Gasteiger partial charge in [-0.25, -0.2) is 0 Å². The minimum absolute atomic E-state index is 0.370. The summed E-state index contributed by atoms with van der Waals surface area (Å²) in [4.78, 5) is 4.61. The van der Waals surface area contributed by atoms with Crippen molar-refractivity contribution in [2.75, 3.05) is 24.2 Å². The Labute approximate surface area is 127 Å². The normalized spacial score (nSPS) is 21.2. The molecule has 0 spiro atoms. The van der Waals surface area contributed by atoms with Crippen LogP contribution in [0.2, 0.25) is 0 Å². The summed E-state index contributed by atoms with van der Waals surface area (Å²) in [6.07, 6.45) is 3.67. The lowest BCUT2D eigenvalue weighted by molar-refractivity contribution is 0.322. The number of thioether (sulfide) groups is 1. The first-order valence-electron chi connectivity index (χ1n) is 7.37. The highest BCUT2D eigenvalue weighted by Crippen LogP contribution is 2.40. The predicted octanol–water partition coefficient (Wildman–Crippen LogP) is 3.50. The van der Waals surface area contributed by atoms with E-state index in [2.05, 4.69) is 15.5 Å². The zero-order chi connectivity index (χ0) is 14.1. The van der Waals surface area contributed by atoms with Crippen LogP contribution in [0.15, 0.2) is 22.7 Å². The summed E-state index contributed by atoms with van der Waals surface area (Å²) >= 11 is 1.93. The van der Waals surface area contributed by atoms with E-state index in [1.165, 1.54) is 18.6 Å². The third kappa shape index (κ3) is 2.48. The Bertz CT molecular complexity index is 638. The molecule has 1 fully saturated rings. The Balaban J connectivity index is 1.66.